The van der Waals surface area contributed by atoms with Gasteiger partial charge in [0.05, 0.1) is 22.2 Å². The smallest absolute Gasteiger partial charge is 0.347 e. The predicted molar refractivity (Wildman–Crippen MR) is 124 cm³/mol. The van der Waals surface area contributed by atoms with Gasteiger partial charge in [0.1, 0.15) is 4.90 Å². The van der Waals surface area contributed by atoms with Crippen LogP contribution >= 0.6 is 11.6 Å². The van der Waals surface area contributed by atoms with Crippen molar-refractivity contribution in [1.82, 2.24) is 19.4 Å². The van der Waals surface area contributed by atoms with Crippen molar-refractivity contribution in [2.75, 3.05) is 13.1 Å². The summed E-state index contributed by atoms with van der Waals surface area (Å²) in [4.78, 5) is 12.0. The van der Waals surface area contributed by atoms with Crippen LogP contribution in [0.2, 0.25) is 5.02 Å². The Balaban J connectivity index is 1.69. The summed E-state index contributed by atoms with van der Waals surface area (Å²) in [6.45, 7) is -0.754. The summed E-state index contributed by atoms with van der Waals surface area (Å²) in [5.41, 5.74) is -2.73. The number of carbonyl (C=O) groups excluding carboxylic acids is 1. The first-order valence-electron chi connectivity index (χ1n) is 10.9. The number of carbonyl (C=O) groups is 1. The number of benzene rings is 2. The molecular weight excluding hydrogens is 562 g/mol. The monoisotopic (exact) mass is 580 g/mol. The quantitative estimate of drug-likeness (QED) is 0.444. The van der Waals surface area contributed by atoms with Crippen LogP contribution in [0.15, 0.2) is 59.6 Å². The molecule has 1 fully saturated rings. The molecule has 1 aliphatic heterocycles. The molecule has 0 radical (unpaired) electrons. The normalized spacial score (nSPS) is 19.1. The molecule has 15 heteroatoms. The van der Waals surface area contributed by atoms with E-state index in [2.05, 4.69) is 10.4 Å². The molecule has 0 saturated carbocycles. The molecular formula is C23H19ClF6N4O3S. The molecule has 0 spiro atoms. The number of hydrogen-bond donors (Lipinski definition) is 1. The molecule has 2 atom stereocenters. The Kier molecular flexibility index (Phi) is 7.27. The zero-order valence-corrected chi connectivity index (χ0v) is 21.0. The molecule has 38 heavy (non-hydrogen) atoms. The number of aromatic nitrogens is 2. The molecule has 3 aromatic rings. The van der Waals surface area contributed by atoms with Crippen molar-refractivity contribution in [3.8, 4) is 0 Å². The molecule has 0 unspecified atom stereocenters. The van der Waals surface area contributed by atoms with E-state index in [0.717, 1.165) is 34.4 Å². The van der Waals surface area contributed by atoms with Gasteiger partial charge in [-0.05, 0) is 17.7 Å². The van der Waals surface area contributed by atoms with Crippen molar-refractivity contribution in [3.05, 3.63) is 82.1 Å². The molecule has 1 aromatic heterocycles. The predicted octanol–water partition coefficient (Wildman–Crippen LogP) is 4.70. The Bertz CT molecular complexity index is 1460. The standard InChI is InChI=1S/C23H19ClF6N4O3S/c1-33-12-18(20(32-33)23(28,29)30)38(36,37)34-10-15(13-6-3-2-4-7-13)17(11-34)31-21(35)14-8-5-9-16(19(14)24)22(25,26)27/h2-9,12,15,17H,10-11H2,1H3,(H,31,35)/t15-,17+/m0/s1. The maximum atomic E-state index is 13.5. The Morgan fingerprint density at radius 1 is 1.00 bits per heavy atom. The third-order valence-electron chi connectivity index (χ3n) is 6.06. The highest BCUT2D eigenvalue weighted by atomic mass is 35.5. The average Bonchev–Trinajstić information content (AvgIpc) is 3.43. The zero-order chi connectivity index (χ0) is 28.0. The van der Waals surface area contributed by atoms with E-state index < -0.39 is 73.5 Å². The van der Waals surface area contributed by atoms with E-state index in [1.165, 1.54) is 0 Å². The Morgan fingerprint density at radius 2 is 1.66 bits per heavy atom. The van der Waals surface area contributed by atoms with Crippen molar-refractivity contribution in [2.24, 2.45) is 7.05 Å². The highest BCUT2D eigenvalue weighted by molar-refractivity contribution is 7.89. The summed E-state index contributed by atoms with van der Waals surface area (Å²) in [6.07, 6.45) is -9.13. The van der Waals surface area contributed by atoms with Gasteiger partial charge in [0, 0.05) is 32.3 Å². The largest absolute Gasteiger partial charge is 0.436 e. The third kappa shape index (κ3) is 5.38. The number of sulfonamides is 1. The molecule has 1 aliphatic rings. The first-order valence-corrected chi connectivity index (χ1v) is 12.7. The van der Waals surface area contributed by atoms with Gasteiger partial charge in [-0.2, -0.15) is 35.7 Å². The Labute approximate surface area is 218 Å². The maximum absolute atomic E-state index is 13.5. The van der Waals surface area contributed by atoms with Crippen LogP contribution in [0.5, 0.6) is 0 Å². The number of rotatable bonds is 5. The fraction of sp³-hybridized carbons (Fsp3) is 0.304. The molecule has 0 bridgehead atoms. The van der Waals surface area contributed by atoms with Crippen LogP contribution in [0.1, 0.15) is 33.1 Å². The van der Waals surface area contributed by atoms with Crippen LogP contribution in [0.3, 0.4) is 0 Å². The number of aryl methyl sites for hydroxylation is 1. The molecule has 2 aromatic carbocycles. The second-order valence-electron chi connectivity index (χ2n) is 8.60. The van der Waals surface area contributed by atoms with Gasteiger partial charge in [0.25, 0.3) is 5.91 Å². The number of nitrogens with one attached hydrogen (secondary N) is 1. The van der Waals surface area contributed by atoms with Gasteiger partial charge >= 0.3 is 12.4 Å². The fourth-order valence-corrected chi connectivity index (χ4v) is 6.31. The van der Waals surface area contributed by atoms with E-state index in [1.54, 1.807) is 30.3 Å². The Hall–Kier alpha value is -3.10. The molecule has 1 saturated heterocycles. The van der Waals surface area contributed by atoms with Crippen LogP contribution in [0, 0.1) is 0 Å². The Morgan fingerprint density at radius 3 is 2.26 bits per heavy atom. The van der Waals surface area contributed by atoms with Crippen LogP contribution < -0.4 is 5.32 Å². The minimum absolute atomic E-state index is 0.306. The van der Waals surface area contributed by atoms with E-state index >= 15 is 0 Å². The number of amides is 1. The maximum Gasteiger partial charge on any atom is 0.436 e. The lowest BCUT2D eigenvalue weighted by molar-refractivity contribution is -0.143. The van der Waals surface area contributed by atoms with E-state index in [9.17, 15) is 39.6 Å². The van der Waals surface area contributed by atoms with Crippen molar-refractivity contribution in [3.63, 3.8) is 0 Å². The highest BCUT2D eigenvalue weighted by Gasteiger charge is 2.46. The molecule has 4 rings (SSSR count). The van der Waals surface area contributed by atoms with Crippen molar-refractivity contribution in [2.45, 2.75) is 29.2 Å². The van der Waals surface area contributed by atoms with Gasteiger partial charge in [0.15, 0.2) is 5.69 Å². The van der Waals surface area contributed by atoms with E-state index in [0.29, 0.717) is 11.6 Å². The van der Waals surface area contributed by atoms with Crippen molar-refractivity contribution >= 4 is 27.5 Å². The van der Waals surface area contributed by atoms with Gasteiger partial charge in [-0.15, -0.1) is 0 Å². The summed E-state index contributed by atoms with van der Waals surface area (Å²) in [7, 11) is -3.59. The topological polar surface area (TPSA) is 84.3 Å². The minimum atomic E-state index is -5.05. The molecule has 1 amide bonds. The van der Waals surface area contributed by atoms with Gasteiger partial charge in [-0.25, -0.2) is 8.42 Å². The second-order valence-corrected chi connectivity index (χ2v) is 10.9. The van der Waals surface area contributed by atoms with E-state index in [1.807, 2.05) is 0 Å². The first kappa shape index (κ1) is 27.9. The van der Waals surface area contributed by atoms with Crippen molar-refractivity contribution in [1.29, 1.82) is 0 Å². The first-order chi connectivity index (χ1) is 17.6. The van der Waals surface area contributed by atoms with Gasteiger partial charge in [-0.1, -0.05) is 48.0 Å². The molecule has 7 nitrogen and oxygen atoms in total. The summed E-state index contributed by atoms with van der Waals surface area (Å²) in [6, 6.07) is 10.1. The molecule has 2 heterocycles. The van der Waals surface area contributed by atoms with E-state index in [-0.39, 0.29) is 6.54 Å². The van der Waals surface area contributed by atoms with Gasteiger partial charge < -0.3 is 5.32 Å². The SMILES string of the molecule is Cn1cc(S(=O)(=O)N2C[C@@H](NC(=O)c3cccc(C(F)(F)F)c3Cl)[C@H](c3ccccc3)C2)c(C(F)(F)F)n1. The third-order valence-corrected chi connectivity index (χ3v) is 8.30. The second kappa shape index (κ2) is 9.89. The summed E-state index contributed by atoms with van der Waals surface area (Å²) in [5.74, 6) is -1.73. The number of halogens is 7. The highest BCUT2D eigenvalue weighted by Crippen LogP contribution is 2.38. The number of hydrogen-bond acceptors (Lipinski definition) is 4. The lowest BCUT2D eigenvalue weighted by Crippen LogP contribution is -2.40. The summed E-state index contributed by atoms with van der Waals surface area (Å²) in [5, 5.41) is 4.95. The summed E-state index contributed by atoms with van der Waals surface area (Å²) >= 11 is 5.87. The summed E-state index contributed by atoms with van der Waals surface area (Å²) < 4.78 is 108. The average molecular weight is 581 g/mol. The van der Waals surface area contributed by atoms with Crippen LogP contribution in [0.25, 0.3) is 0 Å². The fourth-order valence-electron chi connectivity index (χ4n) is 4.31. The lowest BCUT2D eigenvalue weighted by Gasteiger charge is -2.21. The van der Waals surface area contributed by atoms with Crippen LogP contribution in [0.4, 0.5) is 26.3 Å². The molecule has 1 N–H and O–H groups in total. The zero-order valence-electron chi connectivity index (χ0n) is 19.4. The van der Waals surface area contributed by atoms with Crippen LogP contribution in [-0.4, -0.2) is 47.5 Å². The lowest BCUT2D eigenvalue weighted by atomic mass is 9.94. The molecule has 0 aliphatic carbocycles. The number of alkyl halides is 6. The van der Waals surface area contributed by atoms with E-state index in [4.69, 9.17) is 11.6 Å². The molecule has 204 valence electrons. The van der Waals surface area contributed by atoms with Gasteiger partial charge in [0.2, 0.25) is 10.0 Å². The van der Waals surface area contributed by atoms with Gasteiger partial charge in [-0.3, -0.25) is 9.48 Å². The minimum Gasteiger partial charge on any atom is -0.347 e. The number of nitrogens with zero attached hydrogens (tertiary/aromatic N) is 3. The van der Waals surface area contributed by atoms with Crippen LogP contribution in [-0.2, 0) is 29.4 Å². The van der Waals surface area contributed by atoms with Crippen molar-refractivity contribution < 1.29 is 39.6 Å².